The van der Waals surface area contributed by atoms with Crippen molar-refractivity contribution in [1.82, 2.24) is 14.7 Å². The van der Waals surface area contributed by atoms with E-state index in [2.05, 4.69) is 10.3 Å². The SMILES string of the molecule is Cc1nc2ccccn2c1CNC(=O)C1CC1. The van der Waals surface area contributed by atoms with Crippen LogP contribution in [0.4, 0.5) is 0 Å². The first-order valence-corrected chi connectivity index (χ1v) is 5.96. The van der Waals surface area contributed by atoms with Gasteiger partial charge in [-0.1, -0.05) is 6.07 Å². The lowest BCUT2D eigenvalue weighted by molar-refractivity contribution is -0.122. The van der Waals surface area contributed by atoms with Crippen molar-refractivity contribution in [3.05, 3.63) is 35.8 Å². The predicted octanol–water partition coefficient (Wildman–Crippen LogP) is 1.67. The molecule has 0 bridgehead atoms. The average Bonchev–Trinajstić information content (AvgIpc) is 3.11. The molecule has 88 valence electrons. The molecule has 4 nitrogen and oxygen atoms in total. The monoisotopic (exact) mass is 229 g/mol. The Kier molecular flexibility index (Phi) is 2.35. The van der Waals surface area contributed by atoms with Gasteiger partial charge in [0.25, 0.3) is 0 Å². The molecule has 0 radical (unpaired) electrons. The molecule has 0 aliphatic heterocycles. The number of hydrogen-bond donors (Lipinski definition) is 1. The van der Waals surface area contributed by atoms with E-state index in [9.17, 15) is 4.79 Å². The molecule has 2 heterocycles. The van der Waals surface area contributed by atoms with E-state index in [4.69, 9.17) is 0 Å². The second-order valence-corrected chi connectivity index (χ2v) is 4.56. The van der Waals surface area contributed by atoms with Gasteiger partial charge in [0.05, 0.1) is 17.9 Å². The van der Waals surface area contributed by atoms with Gasteiger partial charge in [-0.05, 0) is 31.9 Å². The summed E-state index contributed by atoms with van der Waals surface area (Å²) in [6, 6.07) is 5.91. The molecule has 1 aliphatic rings. The lowest BCUT2D eigenvalue weighted by Crippen LogP contribution is -2.25. The number of nitrogens with one attached hydrogen (secondary N) is 1. The molecule has 1 aliphatic carbocycles. The van der Waals surface area contributed by atoms with Crippen LogP contribution in [0.1, 0.15) is 24.2 Å². The van der Waals surface area contributed by atoms with Gasteiger partial charge in [0.2, 0.25) is 5.91 Å². The summed E-state index contributed by atoms with van der Waals surface area (Å²) in [4.78, 5) is 16.1. The Labute approximate surface area is 99.7 Å². The van der Waals surface area contributed by atoms with Crippen LogP contribution >= 0.6 is 0 Å². The quantitative estimate of drug-likeness (QED) is 0.870. The molecule has 0 aromatic carbocycles. The van der Waals surface area contributed by atoms with Crippen LogP contribution < -0.4 is 5.32 Å². The molecule has 2 aromatic heterocycles. The minimum atomic E-state index is 0.176. The molecule has 4 heteroatoms. The highest BCUT2D eigenvalue weighted by Crippen LogP contribution is 2.28. The summed E-state index contributed by atoms with van der Waals surface area (Å²) in [5.41, 5.74) is 2.97. The standard InChI is InChI=1S/C13H15N3O/c1-9-11(8-14-13(17)10-5-6-10)16-7-3-2-4-12(16)15-9/h2-4,7,10H,5-6,8H2,1H3,(H,14,17). The zero-order valence-electron chi connectivity index (χ0n) is 9.81. The van der Waals surface area contributed by atoms with Gasteiger partial charge in [0.1, 0.15) is 5.65 Å². The molecule has 0 saturated heterocycles. The highest BCUT2D eigenvalue weighted by atomic mass is 16.2. The number of pyridine rings is 1. The maximum absolute atomic E-state index is 11.6. The van der Waals surface area contributed by atoms with Crippen LogP contribution in [0.3, 0.4) is 0 Å². The number of imidazole rings is 1. The van der Waals surface area contributed by atoms with E-state index in [1.807, 2.05) is 35.7 Å². The summed E-state index contributed by atoms with van der Waals surface area (Å²) in [5.74, 6) is 0.435. The van der Waals surface area contributed by atoms with Gasteiger partial charge in [0.15, 0.2) is 0 Å². The van der Waals surface area contributed by atoms with Crippen molar-refractivity contribution in [3.63, 3.8) is 0 Å². The summed E-state index contributed by atoms with van der Waals surface area (Å²) in [5, 5.41) is 2.98. The van der Waals surface area contributed by atoms with Gasteiger partial charge >= 0.3 is 0 Å². The number of aryl methyl sites for hydroxylation is 1. The van der Waals surface area contributed by atoms with Gasteiger partial charge < -0.3 is 9.72 Å². The molecular formula is C13H15N3O. The number of hydrogen-bond acceptors (Lipinski definition) is 2. The number of carbonyl (C=O) groups excluding carboxylic acids is 1. The van der Waals surface area contributed by atoms with Crippen molar-refractivity contribution in [1.29, 1.82) is 0 Å². The third kappa shape index (κ3) is 1.90. The molecule has 1 amide bonds. The highest BCUT2D eigenvalue weighted by molar-refractivity contribution is 5.80. The van der Waals surface area contributed by atoms with Crippen LogP contribution in [-0.4, -0.2) is 15.3 Å². The minimum absolute atomic E-state index is 0.176. The smallest absolute Gasteiger partial charge is 0.223 e. The van der Waals surface area contributed by atoms with Crippen molar-refractivity contribution in [2.45, 2.75) is 26.3 Å². The molecule has 2 aromatic rings. The van der Waals surface area contributed by atoms with Gasteiger partial charge in [-0.25, -0.2) is 4.98 Å². The number of amides is 1. The third-order valence-electron chi connectivity index (χ3n) is 3.21. The van der Waals surface area contributed by atoms with Crippen LogP contribution in [0.15, 0.2) is 24.4 Å². The average molecular weight is 229 g/mol. The van der Waals surface area contributed by atoms with Gasteiger partial charge in [-0.2, -0.15) is 0 Å². The lowest BCUT2D eigenvalue weighted by Gasteiger charge is -2.05. The van der Waals surface area contributed by atoms with E-state index in [0.717, 1.165) is 29.9 Å². The first-order valence-electron chi connectivity index (χ1n) is 5.96. The molecule has 0 unspecified atom stereocenters. The molecule has 17 heavy (non-hydrogen) atoms. The van der Waals surface area contributed by atoms with E-state index in [1.165, 1.54) is 0 Å². The fourth-order valence-corrected chi connectivity index (χ4v) is 2.04. The summed E-state index contributed by atoms with van der Waals surface area (Å²) < 4.78 is 2.03. The molecule has 0 atom stereocenters. The van der Waals surface area contributed by atoms with Crippen molar-refractivity contribution in [3.8, 4) is 0 Å². The van der Waals surface area contributed by atoms with E-state index in [1.54, 1.807) is 0 Å². The molecular weight excluding hydrogens is 214 g/mol. The number of aromatic nitrogens is 2. The van der Waals surface area contributed by atoms with Crippen LogP contribution in [0.5, 0.6) is 0 Å². The van der Waals surface area contributed by atoms with E-state index >= 15 is 0 Å². The second kappa shape index (κ2) is 3.87. The molecule has 1 N–H and O–H groups in total. The summed E-state index contributed by atoms with van der Waals surface area (Å²) in [6.45, 7) is 2.54. The molecule has 1 saturated carbocycles. The van der Waals surface area contributed by atoms with Gasteiger partial charge in [0, 0.05) is 12.1 Å². The van der Waals surface area contributed by atoms with Gasteiger partial charge in [-0.15, -0.1) is 0 Å². The largest absolute Gasteiger partial charge is 0.350 e. The Hall–Kier alpha value is -1.84. The van der Waals surface area contributed by atoms with Crippen molar-refractivity contribution in [2.24, 2.45) is 5.92 Å². The Morgan fingerprint density at radius 1 is 1.53 bits per heavy atom. The molecule has 0 spiro atoms. The number of nitrogens with zero attached hydrogens (tertiary/aromatic N) is 2. The summed E-state index contributed by atoms with van der Waals surface area (Å²) in [7, 11) is 0. The van der Waals surface area contributed by atoms with Crippen LogP contribution in [0.25, 0.3) is 5.65 Å². The number of fused-ring (bicyclic) bond motifs is 1. The number of rotatable bonds is 3. The maximum Gasteiger partial charge on any atom is 0.223 e. The summed E-state index contributed by atoms with van der Waals surface area (Å²) >= 11 is 0. The lowest BCUT2D eigenvalue weighted by atomic mass is 10.3. The van der Waals surface area contributed by atoms with Crippen molar-refractivity contribution < 1.29 is 4.79 Å². The minimum Gasteiger partial charge on any atom is -0.350 e. The zero-order valence-corrected chi connectivity index (χ0v) is 9.81. The summed E-state index contributed by atoms with van der Waals surface area (Å²) in [6.07, 6.45) is 4.06. The van der Waals surface area contributed by atoms with Crippen molar-refractivity contribution in [2.75, 3.05) is 0 Å². The first-order chi connectivity index (χ1) is 8.25. The first kappa shape index (κ1) is 10.3. The Morgan fingerprint density at radius 2 is 2.35 bits per heavy atom. The van der Waals surface area contributed by atoms with E-state index in [0.29, 0.717) is 6.54 Å². The second-order valence-electron chi connectivity index (χ2n) is 4.56. The van der Waals surface area contributed by atoms with E-state index in [-0.39, 0.29) is 11.8 Å². The fourth-order valence-electron chi connectivity index (χ4n) is 2.04. The third-order valence-corrected chi connectivity index (χ3v) is 3.21. The van der Waals surface area contributed by atoms with Gasteiger partial charge in [-0.3, -0.25) is 4.79 Å². The predicted molar refractivity (Wildman–Crippen MR) is 64.5 cm³/mol. The van der Waals surface area contributed by atoms with Crippen LogP contribution in [0, 0.1) is 12.8 Å². The molecule has 3 rings (SSSR count). The molecule has 1 fully saturated rings. The van der Waals surface area contributed by atoms with Crippen molar-refractivity contribution >= 4 is 11.6 Å². The number of carbonyl (C=O) groups is 1. The normalized spacial score (nSPS) is 15.1. The highest BCUT2D eigenvalue weighted by Gasteiger charge is 2.29. The topological polar surface area (TPSA) is 46.4 Å². The Morgan fingerprint density at radius 3 is 3.12 bits per heavy atom. The zero-order chi connectivity index (χ0) is 11.8. The maximum atomic E-state index is 11.6. The fraction of sp³-hybridized carbons (Fsp3) is 0.385. The van der Waals surface area contributed by atoms with E-state index < -0.39 is 0 Å². The van der Waals surface area contributed by atoms with Crippen LogP contribution in [0.2, 0.25) is 0 Å². The Bertz CT molecular complexity index is 569. The Balaban J connectivity index is 1.83. The van der Waals surface area contributed by atoms with Crippen LogP contribution in [-0.2, 0) is 11.3 Å².